The Morgan fingerprint density at radius 3 is 2.53 bits per heavy atom. The van der Waals surface area contributed by atoms with E-state index in [9.17, 15) is 13.2 Å². The minimum atomic E-state index is -3.71. The van der Waals surface area contributed by atoms with Crippen molar-refractivity contribution in [3.8, 4) is 11.5 Å². The molecule has 2 N–H and O–H groups in total. The summed E-state index contributed by atoms with van der Waals surface area (Å²) >= 11 is 7.39. The maximum Gasteiger partial charge on any atom is 0.271 e. The van der Waals surface area contributed by atoms with E-state index in [1.807, 2.05) is 0 Å². The largest absolute Gasteiger partial charge is 0.490 e. The Morgan fingerprint density at radius 1 is 1.03 bits per heavy atom. The first-order chi connectivity index (χ1) is 14.4. The van der Waals surface area contributed by atoms with Gasteiger partial charge in [-0.2, -0.15) is 0 Å². The van der Waals surface area contributed by atoms with Gasteiger partial charge in [-0.3, -0.25) is 9.52 Å². The van der Waals surface area contributed by atoms with Crippen molar-refractivity contribution >= 4 is 50.2 Å². The fourth-order valence-electron chi connectivity index (χ4n) is 2.82. The standard InChI is InChI=1S/C20H17ClN2O5S2/c21-15-11-17-18(28-8-3-7-27-17)12-16(15)22-20(24)13-4-1-5-14(10-13)23-30(25,26)19-6-2-9-29-19/h1-2,4-6,9-12,23H,3,7-8H2,(H,22,24). The van der Waals surface area contributed by atoms with Gasteiger partial charge in [-0.1, -0.05) is 23.7 Å². The van der Waals surface area contributed by atoms with Crippen LogP contribution in [0.2, 0.25) is 5.02 Å². The molecule has 10 heteroatoms. The molecule has 0 saturated carbocycles. The minimum Gasteiger partial charge on any atom is -0.490 e. The van der Waals surface area contributed by atoms with Gasteiger partial charge < -0.3 is 14.8 Å². The molecule has 30 heavy (non-hydrogen) atoms. The topological polar surface area (TPSA) is 93.7 Å². The molecule has 0 atom stereocenters. The molecule has 3 aromatic rings. The van der Waals surface area contributed by atoms with Gasteiger partial charge in [-0.15, -0.1) is 11.3 Å². The predicted molar refractivity (Wildman–Crippen MR) is 117 cm³/mol. The summed E-state index contributed by atoms with van der Waals surface area (Å²) in [5, 5.41) is 4.72. The lowest BCUT2D eigenvalue weighted by Crippen LogP contribution is -2.14. The lowest BCUT2D eigenvalue weighted by atomic mass is 10.2. The molecule has 156 valence electrons. The second-order valence-electron chi connectivity index (χ2n) is 6.40. The van der Waals surface area contributed by atoms with Crippen LogP contribution in [0.3, 0.4) is 0 Å². The van der Waals surface area contributed by atoms with Crippen LogP contribution < -0.4 is 19.5 Å². The molecule has 0 radical (unpaired) electrons. The van der Waals surface area contributed by atoms with Gasteiger partial charge in [0.2, 0.25) is 0 Å². The average molecular weight is 465 g/mol. The number of halogens is 1. The summed E-state index contributed by atoms with van der Waals surface area (Å²) in [6.07, 6.45) is 0.752. The molecular weight excluding hydrogens is 448 g/mol. The molecule has 1 aromatic heterocycles. The van der Waals surface area contributed by atoms with Crippen LogP contribution in [0.5, 0.6) is 11.5 Å². The minimum absolute atomic E-state index is 0.191. The molecule has 1 amide bonds. The Hall–Kier alpha value is -2.75. The monoisotopic (exact) mass is 464 g/mol. The molecule has 2 aromatic carbocycles. The molecule has 1 aliphatic heterocycles. The molecular formula is C20H17ClN2O5S2. The summed E-state index contributed by atoms with van der Waals surface area (Å²) < 4.78 is 38.7. The molecule has 0 unspecified atom stereocenters. The van der Waals surface area contributed by atoms with E-state index in [1.54, 1.807) is 41.8 Å². The van der Waals surface area contributed by atoms with Crippen molar-refractivity contribution in [2.45, 2.75) is 10.6 Å². The average Bonchev–Trinajstić information content (AvgIpc) is 3.18. The normalized spacial score (nSPS) is 13.4. The smallest absolute Gasteiger partial charge is 0.271 e. The molecule has 4 rings (SSSR count). The zero-order valence-electron chi connectivity index (χ0n) is 15.6. The highest BCUT2D eigenvalue weighted by Crippen LogP contribution is 2.37. The van der Waals surface area contributed by atoms with Crippen molar-refractivity contribution in [3.63, 3.8) is 0 Å². The van der Waals surface area contributed by atoms with E-state index in [0.29, 0.717) is 35.4 Å². The first-order valence-electron chi connectivity index (χ1n) is 8.99. The molecule has 0 saturated heterocycles. The molecule has 0 aliphatic carbocycles. The number of nitrogens with one attached hydrogen (secondary N) is 2. The Morgan fingerprint density at radius 2 is 1.80 bits per heavy atom. The molecule has 1 aliphatic rings. The number of carbonyl (C=O) groups excluding carboxylic acids is 1. The predicted octanol–water partition coefficient (Wildman–Crippen LogP) is 4.62. The number of hydrogen-bond acceptors (Lipinski definition) is 6. The highest BCUT2D eigenvalue weighted by molar-refractivity contribution is 7.94. The van der Waals surface area contributed by atoms with Crippen LogP contribution in [-0.4, -0.2) is 27.5 Å². The van der Waals surface area contributed by atoms with Crippen LogP contribution >= 0.6 is 22.9 Å². The molecule has 0 bridgehead atoms. The van der Waals surface area contributed by atoms with Gasteiger partial charge in [0.25, 0.3) is 15.9 Å². The number of hydrogen-bond donors (Lipinski definition) is 2. The van der Waals surface area contributed by atoms with Crippen molar-refractivity contribution in [1.82, 2.24) is 0 Å². The lowest BCUT2D eigenvalue weighted by molar-refractivity contribution is 0.102. The summed E-state index contributed by atoms with van der Waals surface area (Å²) in [4.78, 5) is 12.7. The van der Waals surface area contributed by atoms with E-state index in [2.05, 4.69) is 10.0 Å². The summed E-state index contributed by atoms with van der Waals surface area (Å²) in [5.74, 6) is 0.591. The van der Waals surface area contributed by atoms with Crippen molar-refractivity contribution in [3.05, 3.63) is 64.5 Å². The van der Waals surface area contributed by atoms with Crippen molar-refractivity contribution in [2.24, 2.45) is 0 Å². The number of amides is 1. The summed E-state index contributed by atoms with van der Waals surface area (Å²) in [6.45, 7) is 1.04. The molecule has 0 spiro atoms. The highest BCUT2D eigenvalue weighted by Gasteiger charge is 2.18. The van der Waals surface area contributed by atoms with Gasteiger partial charge in [0, 0.05) is 29.8 Å². The van der Waals surface area contributed by atoms with Crippen LogP contribution in [0.4, 0.5) is 11.4 Å². The number of fused-ring (bicyclic) bond motifs is 1. The van der Waals surface area contributed by atoms with Crippen molar-refractivity contribution in [1.29, 1.82) is 0 Å². The van der Waals surface area contributed by atoms with Gasteiger partial charge >= 0.3 is 0 Å². The third-order valence-electron chi connectivity index (χ3n) is 4.22. The maximum absolute atomic E-state index is 12.7. The van der Waals surface area contributed by atoms with Crippen LogP contribution in [0.15, 0.2) is 58.1 Å². The third-order valence-corrected chi connectivity index (χ3v) is 7.31. The summed E-state index contributed by atoms with van der Waals surface area (Å²) in [7, 11) is -3.71. The lowest BCUT2D eigenvalue weighted by Gasteiger charge is -2.13. The van der Waals surface area contributed by atoms with E-state index >= 15 is 0 Å². The number of sulfonamides is 1. The first kappa shape index (κ1) is 20.5. The van der Waals surface area contributed by atoms with Gasteiger partial charge in [0.1, 0.15) is 4.21 Å². The van der Waals surface area contributed by atoms with E-state index < -0.39 is 15.9 Å². The SMILES string of the molecule is O=C(Nc1cc2c(cc1Cl)OCCCO2)c1cccc(NS(=O)(=O)c2cccs2)c1. The highest BCUT2D eigenvalue weighted by atomic mass is 35.5. The fourth-order valence-corrected chi connectivity index (χ4v) is 5.06. The van der Waals surface area contributed by atoms with Gasteiger partial charge in [0.05, 0.1) is 23.9 Å². The maximum atomic E-state index is 12.7. The van der Waals surface area contributed by atoms with E-state index in [4.69, 9.17) is 21.1 Å². The van der Waals surface area contributed by atoms with Crippen LogP contribution in [0.25, 0.3) is 0 Å². The Kier molecular flexibility index (Phi) is 5.85. The van der Waals surface area contributed by atoms with Gasteiger partial charge in [-0.05, 0) is 29.6 Å². The van der Waals surface area contributed by atoms with Crippen molar-refractivity contribution < 1.29 is 22.7 Å². The number of ether oxygens (including phenoxy) is 2. The van der Waals surface area contributed by atoms with E-state index in [-0.39, 0.29) is 15.5 Å². The number of thiophene rings is 1. The number of rotatable bonds is 5. The molecule has 7 nitrogen and oxygen atoms in total. The zero-order valence-corrected chi connectivity index (χ0v) is 17.9. The quantitative estimate of drug-likeness (QED) is 0.574. The molecule has 0 fully saturated rings. The Labute approximate surface area is 182 Å². The Bertz CT molecular complexity index is 1180. The van der Waals surface area contributed by atoms with Crippen LogP contribution in [0, 0.1) is 0 Å². The van der Waals surface area contributed by atoms with Crippen molar-refractivity contribution in [2.75, 3.05) is 23.3 Å². The zero-order chi connectivity index (χ0) is 21.1. The second kappa shape index (κ2) is 8.55. The molecule has 2 heterocycles. The number of benzene rings is 2. The Balaban J connectivity index is 1.53. The van der Waals surface area contributed by atoms with Gasteiger partial charge in [0.15, 0.2) is 11.5 Å². The summed E-state index contributed by atoms with van der Waals surface area (Å²) in [6, 6.07) is 12.6. The second-order valence-corrected chi connectivity index (χ2v) is 9.67. The van der Waals surface area contributed by atoms with Crippen LogP contribution in [-0.2, 0) is 10.0 Å². The third kappa shape index (κ3) is 4.53. The van der Waals surface area contributed by atoms with Crippen LogP contribution in [0.1, 0.15) is 16.8 Å². The summed E-state index contributed by atoms with van der Waals surface area (Å²) in [5.41, 5.74) is 0.917. The number of carbonyl (C=O) groups is 1. The fraction of sp³-hybridized carbons (Fsp3) is 0.150. The number of anilines is 2. The van der Waals surface area contributed by atoms with E-state index in [1.165, 1.54) is 12.1 Å². The van der Waals surface area contributed by atoms with E-state index in [0.717, 1.165) is 17.8 Å². The first-order valence-corrected chi connectivity index (χ1v) is 11.7. The van der Waals surface area contributed by atoms with Gasteiger partial charge in [-0.25, -0.2) is 8.42 Å².